The topological polar surface area (TPSA) is 100 Å². The van der Waals surface area contributed by atoms with Crippen molar-refractivity contribution in [1.82, 2.24) is 10.3 Å². The number of aromatic hydroxyl groups is 1. The molecule has 140 valence electrons. The summed E-state index contributed by atoms with van der Waals surface area (Å²) in [5, 5.41) is 17.9. The van der Waals surface area contributed by atoms with Crippen LogP contribution in [0.5, 0.6) is 5.75 Å². The zero-order chi connectivity index (χ0) is 19.2. The Morgan fingerprint density at radius 1 is 1.26 bits per heavy atom. The van der Waals surface area contributed by atoms with Gasteiger partial charge in [0.05, 0.1) is 11.6 Å². The van der Waals surface area contributed by atoms with Crippen LogP contribution in [0, 0.1) is 0 Å². The second-order valence-electron chi connectivity index (χ2n) is 6.07. The second kappa shape index (κ2) is 8.55. The number of phenolic OH excluding ortho intramolecular Hbond substituents is 1. The van der Waals surface area contributed by atoms with Gasteiger partial charge in [-0.15, -0.1) is 11.3 Å². The molecular weight excluding hydrogens is 360 g/mol. The highest BCUT2D eigenvalue weighted by atomic mass is 32.1. The van der Waals surface area contributed by atoms with Crippen molar-refractivity contribution in [3.63, 3.8) is 0 Å². The highest BCUT2D eigenvalue weighted by Gasteiger charge is 2.21. The van der Waals surface area contributed by atoms with Gasteiger partial charge in [0.1, 0.15) is 17.4 Å². The largest absolute Gasteiger partial charge is 0.508 e. The van der Waals surface area contributed by atoms with E-state index < -0.39 is 0 Å². The maximum atomic E-state index is 12.8. The van der Waals surface area contributed by atoms with Gasteiger partial charge in [-0.1, -0.05) is 25.1 Å². The molecule has 27 heavy (non-hydrogen) atoms. The molecule has 2 heterocycles. The lowest BCUT2D eigenvalue weighted by molar-refractivity contribution is 0.0944. The number of nitrogen functional groups attached to an aromatic ring is 1. The molecule has 1 unspecified atom stereocenters. The Morgan fingerprint density at radius 3 is 2.78 bits per heavy atom. The number of nitrogens with one attached hydrogen (secondary N) is 2. The molecule has 1 amide bonds. The maximum Gasteiger partial charge on any atom is 0.255 e. The van der Waals surface area contributed by atoms with E-state index in [9.17, 15) is 9.90 Å². The van der Waals surface area contributed by atoms with Gasteiger partial charge in [0.15, 0.2) is 0 Å². The van der Waals surface area contributed by atoms with Gasteiger partial charge in [0.25, 0.3) is 5.91 Å². The molecule has 0 bridgehead atoms. The summed E-state index contributed by atoms with van der Waals surface area (Å²) < 4.78 is 0. The van der Waals surface area contributed by atoms with E-state index in [1.807, 2.05) is 23.6 Å². The highest BCUT2D eigenvalue weighted by molar-refractivity contribution is 7.10. The number of aromatic nitrogens is 1. The van der Waals surface area contributed by atoms with Gasteiger partial charge in [-0.2, -0.15) is 0 Å². The Morgan fingerprint density at radius 2 is 2.11 bits per heavy atom. The number of hydrogen-bond donors (Lipinski definition) is 4. The van der Waals surface area contributed by atoms with Gasteiger partial charge in [-0.05, 0) is 47.7 Å². The minimum absolute atomic E-state index is 0.149. The van der Waals surface area contributed by atoms with Gasteiger partial charge in [-0.25, -0.2) is 4.98 Å². The SMILES string of the molecule is CCCNc1ccc(C(=O)NC(c2cccc(O)c2)c2cccs2)c(N)n1. The maximum absolute atomic E-state index is 12.8. The number of amides is 1. The van der Waals surface area contributed by atoms with Crippen LogP contribution in [0.1, 0.15) is 40.2 Å². The number of pyridine rings is 1. The number of thiophene rings is 1. The van der Waals surface area contributed by atoms with Crippen molar-refractivity contribution in [3.8, 4) is 5.75 Å². The van der Waals surface area contributed by atoms with Crippen LogP contribution in [0.15, 0.2) is 53.9 Å². The van der Waals surface area contributed by atoms with Crippen LogP contribution in [0.25, 0.3) is 0 Å². The van der Waals surface area contributed by atoms with Crippen molar-refractivity contribution in [2.75, 3.05) is 17.6 Å². The number of carbonyl (C=O) groups excluding carboxylic acids is 1. The normalized spacial score (nSPS) is 11.7. The summed E-state index contributed by atoms with van der Waals surface area (Å²) in [7, 11) is 0. The van der Waals surface area contributed by atoms with Crippen LogP contribution >= 0.6 is 11.3 Å². The van der Waals surface area contributed by atoms with Crippen molar-refractivity contribution >= 4 is 28.9 Å². The smallest absolute Gasteiger partial charge is 0.255 e. The van der Waals surface area contributed by atoms with E-state index in [2.05, 4.69) is 22.5 Å². The molecule has 6 nitrogen and oxygen atoms in total. The van der Waals surface area contributed by atoms with Crippen LogP contribution in [-0.4, -0.2) is 22.5 Å². The summed E-state index contributed by atoms with van der Waals surface area (Å²) in [5.41, 5.74) is 7.11. The summed E-state index contributed by atoms with van der Waals surface area (Å²) in [6.45, 7) is 2.85. The minimum Gasteiger partial charge on any atom is -0.508 e. The molecule has 2 aromatic heterocycles. The lowest BCUT2D eigenvalue weighted by Gasteiger charge is -2.19. The first-order chi connectivity index (χ1) is 13.1. The van der Waals surface area contributed by atoms with Crippen LogP contribution in [0.4, 0.5) is 11.6 Å². The molecule has 0 radical (unpaired) electrons. The van der Waals surface area contributed by atoms with Crippen molar-refractivity contribution in [1.29, 1.82) is 0 Å². The van der Waals surface area contributed by atoms with E-state index in [1.54, 1.807) is 30.3 Å². The van der Waals surface area contributed by atoms with Gasteiger partial charge in [-0.3, -0.25) is 4.79 Å². The molecule has 0 saturated heterocycles. The molecule has 1 aromatic carbocycles. The Kier molecular flexibility index (Phi) is 5.93. The first kappa shape index (κ1) is 18.7. The highest BCUT2D eigenvalue weighted by Crippen LogP contribution is 2.28. The minimum atomic E-state index is -0.387. The van der Waals surface area contributed by atoms with E-state index in [4.69, 9.17) is 5.73 Å². The van der Waals surface area contributed by atoms with Crippen molar-refractivity contribution in [2.45, 2.75) is 19.4 Å². The third-order valence-electron chi connectivity index (χ3n) is 4.03. The standard InChI is InChI=1S/C20H22N4O2S/c1-2-10-22-17-9-8-15(19(21)23-17)20(26)24-18(16-7-4-11-27-16)13-5-3-6-14(25)12-13/h3-9,11-12,18,25H,2,10H2,1H3,(H,24,26)(H3,21,22,23). The molecule has 0 spiro atoms. The Balaban J connectivity index is 1.85. The molecule has 0 aliphatic heterocycles. The molecule has 0 fully saturated rings. The predicted molar refractivity (Wildman–Crippen MR) is 109 cm³/mol. The number of rotatable bonds is 7. The van der Waals surface area contributed by atoms with Gasteiger partial charge >= 0.3 is 0 Å². The summed E-state index contributed by atoms with van der Waals surface area (Å²) in [6, 6.07) is 13.8. The Hall–Kier alpha value is -3.06. The molecule has 5 N–H and O–H groups in total. The third-order valence-corrected chi connectivity index (χ3v) is 4.97. The van der Waals surface area contributed by atoms with E-state index in [1.165, 1.54) is 11.3 Å². The predicted octanol–water partition coefficient (Wildman–Crippen LogP) is 3.77. The summed E-state index contributed by atoms with van der Waals surface area (Å²) in [5.74, 6) is 0.655. The van der Waals surface area contributed by atoms with E-state index in [0.717, 1.165) is 23.4 Å². The first-order valence-electron chi connectivity index (χ1n) is 8.72. The Bertz CT molecular complexity index is 912. The lowest BCUT2D eigenvalue weighted by atomic mass is 10.0. The van der Waals surface area contributed by atoms with Crippen LogP contribution in [0.3, 0.4) is 0 Å². The molecule has 7 heteroatoms. The number of hydrogen-bond acceptors (Lipinski definition) is 6. The fraction of sp³-hybridized carbons (Fsp3) is 0.200. The van der Waals surface area contributed by atoms with Gasteiger partial charge in [0.2, 0.25) is 0 Å². The molecule has 0 aliphatic carbocycles. The van der Waals surface area contributed by atoms with Crippen molar-refractivity contribution < 1.29 is 9.90 Å². The third kappa shape index (κ3) is 4.57. The van der Waals surface area contributed by atoms with Crippen LogP contribution in [-0.2, 0) is 0 Å². The first-order valence-corrected chi connectivity index (χ1v) is 9.60. The number of anilines is 2. The molecule has 3 aromatic rings. The summed E-state index contributed by atoms with van der Waals surface area (Å²) in [6.07, 6.45) is 0.968. The number of nitrogens with two attached hydrogens (primary N) is 1. The molecular formula is C20H22N4O2S. The Labute approximate surface area is 162 Å². The average molecular weight is 382 g/mol. The van der Waals surface area contributed by atoms with E-state index in [-0.39, 0.29) is 23.5 Å². The monoisotopic (exact) mass is 382 g/mol. The van der Waals surface area contributed by atoms with Gasteiger partial charge < -0.3 is 21.5 Å². The number of nitrogens with zero attached hydrogens (tertiary/aromatic N) is 1. The van der Waals surface area contributed by atoms with Crippen molar-refractivity contribution in [2.24, 2.45) is 0 Å². The molecule has 0 saturated carbocycles. The average Bonchev–Trinajstić information content (AvgIpc) is 3.18. The van der Waals surface area contributed by atoms with Gasteiger partial charge in [0, 0.05) is 11.4 Å². The summed E-state index contributed by atoms with van der Waals surface area (Å²) in [4.78, 5) is 18.1. The number of phenols is 1. The summed E-state index contributed by atoms with van der Waals surface area (Å²) >= 11 is 1.53. The number of carbonyl (C=O) groups is 1. The second-order valence-corrected chi connectivity index (χ2v) is 7.05. The van der Waals surface area contributed by atoms with Crippen molar-refractivity contribution in [3.05, 3.63) is 69.9 Å². The lowest BCUT2D eigenvalue weighted by Crippen LogP contribution is -2.29. The fourth-order valence-corrected chi connectivity index (χ4v) is 3.51. The fourth-order valence-electron chi connectivity index (χ4n) is 2.71. The molecule has 1 atom stereocenters. The van der Waals surface area contributed by atoms with E-state index in [0.29, 0.717) is 11.4 Å². The quantitative estimate of drug-likeness (QED) is 0.498. The zero-order valence-electron chi connectivity index (χ0n) is 15.0. The van der Waals surface area contributed by atoms with Crippen LogP contribution < -0.4 is 16.4 Å². The van der Waals surface area contributed by atoms with Crippen LogP contribution in [0.2, 0.25) is 0 Å². The number of benzene rings is 1. The molecule has 3 rings (SSSR count). The molecule has 0 aliphatic rings. The zero-order valence-corrected chi connectivity index (χ0v) is 15.8. The van der Waals surface area contributed by atoms with E-state index >= 15 is 0 Å².